The number of benzene rings is 3. The van der Waals surface area contributed by atoms with E-state index < -0.39 is 15.9 Å². The Kier molecular flexibility index (Phi) is 5.57. The van der Waals surface area contributed by atoms with Crippen LogP contribution in [0.5, 0.6) is 11.5 Å². The number of nitrogens with one attached hydrogen (secondary N) is 1. The van der Waals surface area contributed by atoms with Crippen molar-refractivity contribution in [1.82, 2.24) is 4.57 Å². The van der Waals surface area contributed by atoms with E-state index in [2.05, 4.69) is 15.6 Å². The summed E-state index contributed by atoms with van der Waals surface area (Å²) in [6, 6.07) is 17.8. The quantitative estimate of drug-likeness (QED) is 0.430. The first-order valence-corrected chi connectivity index (χ1v) is 12.4. The zero-order chi connectivity index (χ0) is 23.7. The third-order valence-corrected chi connectivity index (χ3v) is 7.50. The SMILES string of the molecule is C#CCn1c(=NC(=O)c2ccc(NS(=O)(=O)c3ccccc3)cc2)sc2cc3c(cc21)OCO3. The molecule has 0 atom stereocenters. The minimum absolute atomic E-state index is 0.148. The van der Waals surface area contributed by atoms with Gasteiger partial charge in [-0.25, -0.2) is 8.42 Å². The van der Waals surface area contributed by atoms with E-state index in [1.165, 1.54) is 47.7 Å². The summed E-state index contributed by atoms with van der Waals surface area (Å²) in [6.07, 6.45) is 5.54. The highest BCUT2D eigenvalue weighted by atomic mass is 32.2. The number of rotatable bonds is 5. The number of carbonyl (C=O) groups excluding carboxylic acids is 1. The van der Waals surface area contributed by atoms with Gasteiger partial charge in [0.2, 0.25) is 6.79 Å². The minimum atomic E-state index is -3.73. The molecule has 1 aliphatic rings. The highest BCUT2D eigenvalue weighted by Gasteiger charge is 2.18. The van der Waals surface area contributed by atoms with E-state index in [9.17, 15) is 13.2 Å². The number of ether oxygens (including phenoxy) is 2. The highest BCUT2D eigenvalue weighted by Crippen LogP contribution is 2.37. The van der Waals surface area contributed by atoms with E-state index in [1.54, 1.807) is 22.8 Å². The smallest absolute Gasteiger partial charge is 0.279 e. The zero-order valence-corrected chi connectivity index (χ0v) is 19.2. The number of hydrogen-bond acceptors (Lipinski definition) is 6. The standard InChI is InChI=1S/C24H17N3O5S2/c1-2-12-27-19-13-20-21(32-15-31-20)14-22(19)33-24(27)25-23(28)16-8-10-17(11-9-16)26-34(29,30)18-6-4-3-5-7-18/h1,3-11,13-14,26H,12,15H2. The number of anilines is 1. The molecule has 0 radical (unpaired) electrons. The van der Waals surface area contributed by atoms with Gasteiger partial charge in [-0.05, 0) is 36.4 Å². The first-order chi connectivity index (χ1) is 16.4. The molecule has 0 spiro atoms. The Morgan fingerprint density at radius 1 is 1.09 bits per heavy atom. The molecular weight excluding hydrogens is 474 g/mol. The lowest BCUT2D eigenvalue weighted by molar-refractivity contribution is 0.0998. The number of thiazole rings is 1. The normalized spacial score (nSPS) is 13.1. The van der Waals surface area contributed by atoms with Gasteiger partial charge in [-0.15, -0.1) is 6.42 Å². The van der Waals surface area contributed by atoms with Crippen molar-refractivity contribution in [3.8, 4) is 23.8 Å². The first kappa shape index (κ1) is 21.8. The van der Waals surface area contributed by atoms with Crippen LogP contribution in [0.2, 0.25) is 0 Å². The van der Waals surface area contributed by atoms with Gasteiger partial charge in [-0.2, -0.15) is 4.99 Å². The molecule has 2 heterocycles. The van der Waals surface area contributed by atoms with Crippen LogP contribution in [0, 0.1) is 12.3 Å². The van der Waals surface area contributed by atoms with Crippen molar-refractivity contribution in [3.05, 3.63) is 77.1 Å². The minimum Gasteiger partial charge on any atom is -0.454 e. The lowest BCUT2D eigenvalue weighted by Gasteiger charge is -2.08. The molecule has 0 saturated heterocycles. The van der Waals surface area contributed by atoms with E-state index >= 15 is 0 Å². The maximum absolute atomic E-state index is 12.9. The molecular formula is C24H17N3O5S2. The van der Waals surface area contributed by atoms with Crippen molar-refractivity contribution in [1.29, 1.82) is 0 Å². The fraction of sp³-hybridized carbons (Fsp3) is 0.0833. The van der Waals surface area contributed by atoms with E-state index in [1.807, 2.05) is 12.1 Å². The van der Waals surface area contributed by atoms with E-state index in [4.69, 9.17) is 15.9 Å². The molecule has 0 bridgehead atoms. The molecule has 0 saturated carbocycles. The molecule has 8 nitrogen and oxygen atoms in total. The molecule has 0 fully saturated rings. The van der Waals surface area contributed by atoms with Crippen molar-refractivity contribution >= 4 is 43.2 Å². The molecule has 3 aromatic carbocycles. The molecule has 170 valence electrons. The topological polar surface area (TPSA) is 99.0 Å². The fourth-order valence-corrected chi connectivity index (χ4v) is 5.55. The largest absolute Gasteiger partial charge is 0.454 e. The fourth-order valence-electron chi connectivity index (χ4n) is 3.44. The summed E-state index contributed by atoms with van der Waals surface area (Å²) in [5.41, 5.74) is 1.44. The Balaban J connectivity index is 1.43. The van der Waals surface area contributed by atoms with Crippen molar-refractivity contribution in [2.45, 2.75) is 11.4 Å². The average Bonchev–Trinajstić information content (AvgIpc) is 3.42. The van der Waals surface area contributed by atoms with E-state index in [0.29, 0.717) is 27.6 Å². The Hall–Kier alpha value is -4.07. The average molecular weight is 492 g/mol. The van der Waals surface area contributed by atoms with Crippen LogP contribution in [-0.2, 0) is 16.6 Å². The molecule has 4 aromatic rings. The zero-order valence-electron chi connectivity index (χ0n) is 17.6. The van der Waals surface area contributed by atoms with Gasteiger partial charge in [0.1, 0.15) is 0 Å². The molecule has 1 amide bonds. The van der Waals surface area contributed by atoms with Gasteiger partial charge in [-0.3, -0.25) is 9.52 Å². The Bertz CT molecular complexity index is 1610. The summed E-state index contributed by atoms with van der Waals surface area (Å²) >= 11 is 1.31. The van der Waals surface area contributed by atoms with Gasteiger partial charge in [0.05, 0.1) is 21.7 Å². The van der Waals surface area contributed by atoms with Gasteiger partial charge in [0.25, 0.3) is 15.9 Å². The second-order valence-corrected chi connectivity index (χ2v) is 9.95. The van der Waals surface area contributed by atoms with Crippen LogP contribution in [0.25, 0.3) is 10.2 Å². The predicted molar refractivity (Wildman–Crippen MR) is 128 cm³/mol. The Labute approximate surface area is 199 Å². The highest BCUT2D eigenvalue weighted by molar-refractivity contribution is 7.92. The van der Waals surface area contributed by atoms with Crippen LogP contribution in [0.1, 0.15) is 10.4 Å². The molecule has 1 N–H and O–H groups in total. The third-order valence-electron chi connectivity index (χ3n) is 5.06. The van der Waals surface area contributed by atoms with Crippen LogP contribution >= 0.6 is 11.3 Å². The maximum atomic E-state index is 12.9. The number of amides is 1. The van der Waals surface area contributed by atoms with Gasteiger partial charge >= 0.3 is 0 Å². The van der Waals surface area contributed by atoms with Gasteiger partial charge in [0, 0.05) is 23.4 Å². The van der Waals surface area contributed by atoms with Crippen molar-refractivity contribution < 1.29 is 22.7 Å². The number of carbonyl (C=O) groups is 1. The monoisotopic (exact) mass is 491 g/mol. The number of terminal acetylenes is 1. The predicted octanol–water partition coefficient (Wildman–Crippen LogP) is 3.61. The molecule has 1 aromatic heterocycles. The summed E-state index contributed by atoms with van der Waals surface area (Å²) in [7, 11) is -3.73. The van der Waals surface area contributed by atoms with E-state index in [0.717, 1.165) is 10.2 Å². The van der Waals surface area contributed by atoms with Crippen molar-refractivity contribution in [3.63, 3.8) is 0 Å². The Morgan fingerprint density at radius 2 is 1.79 bits per heavy atom. The Morgan fingerprint density at radius 3 is 2.50 bits per heavy atom. The number of aromatic nitrogens is 1. The second-order valence-electron chi connectivity index (χ2n) is 7.26. The first-order valence-electron chi connectivity index (χ1n) is 10.1. The number of sulfonamides is 1. The maximum Gasteiger partial charge on any atom is 0.279 e. The van der Waals surface area contributed by atoms with Crippen LogP contribution in [0.4, 0.5) is 5.69 Å². The number of fused-ring (bicyclic) bond motifs is 2. The molecule has 34 heavy (non-hydrogen) atoms. The second kappa shape index (κ2) is 8.70. The number of hydrogen-bond donors (Lipinski definition) is 1. The molecule has 10 heteroatoms. The number of nitrogens with zero attached hydrogens (tertiary/aromatic N) is 2. The van der Waals surface area contributed by atoms with Gasteiger partial charge in [-0.1, -0.05) is 35.5 Å². The molecule has 5 rings (SSSR count). The summed E-state index contributed by atoms with van der Waals surface area (Å²) in [5.74, 6) is 3.36. The van der Waals surface area contributed by atoms with Crippen LogP contribution in [0.15, 0.2) is 76.6 Å². The van der Waals surface area contributed by atoms with Gasteiger partial charge < -0.3 is 14.0 Å². The summed E-state index contributed by atoms with van der Waals surface area (Å²) in [4.78, 5) is 17.7. The van der Waals surface area contributed by atoms with Crippen molar-refractivity contribution in [2.75, 3.05) is 11.5 Å². The van der Waals surface area contributed by atoms with Gasteiger partial charge in [0.15, 0.2) is 16.3 Å². The molecule has 0 unspecified atom stereocenters. The van der Waals surface area contributed by atoms with Crippen LogP contribution in [0.3, 0.4) is 0 Å². The van der Waals surface area contributed by atoms with Crippen LogP contribution < -0.4 is 19.0 Å². The van der Waals surface area contributed by atoms with E-state index in [-0.39, 0.29) is 18.2 Å². The summed E-state index contributed by atoms with van der Waals surface area (Å²) < 4.78 is 41.0. The lowest BCUT2D eigenvalue weighted by Crippen LogP contribution is -2.16. The molecule has 1 aliphatic heterocycles. The van der Waals surface area contributed by atoms with Crippen LogP contribution in [-0.4, -0.2) is 25.7 Å². The van der Waals surface area contributed by atoms with Crippen molar-refractivity contribution in [2.24, 2.45) is 4.99 Å². The summed E-state index contributed by atoms with van der Waals surface area (Å²) in [6.45, 7) is 0.390. The lowest BCUT2D eigenvalue weighted by atomic mass is 10.2. The molecule has 0 aliphatic carbocycles. The third kappa shape index (κ3) is 4.14. The summed E-state index contributed by atoms with van der Waals surface area (Å²) in [5, 5.41) is 0.